The molecule has 10 rings (SSSR count). The molecule has 66 heavy (non-hydrogen) atoms. The first-order chi connectivity index (χ1) is 31.3. The van der Waals surface area contributed by atoms with E-state index in [1.165, 1.54) is 73.1 Å². The van der Waals surface area contributed by atoms with Crippen molar-refractivity contribution in [1.29, 1.82) is 0 Å². The van der Waals surface area contributed by atoms with Crippen LogP contribution in [-0.4, -0.2) is 32.3 Å². The average Bonchev–Trinajstić information content (AvgIpc) is 4.12. The molecule has 0 saturated heterocycles. The maximum Gasteiger partial charge on any atom is 0.0904 e. The molecule has 0 amide bonds. The molecule has 0 radical (unpaired) electrons. The predicted octanol–water partition coefficient (Wildman–Crippen LogP) is 18.2. The van der Waals surface area contributed by atoms with Gasteiger partial charge >= 0.3 is 0 Å². The molecule has 0 aliphatic heterocycles. The van der Waals surface area contributed by atoms with E-state index in [4.69, 9.17) is 0 Å². The Balaban J connectivity index is 1.09. The van der Waals surface area contributed by atoms with Gasteiger partial charge in [-0.25, -0.2) is 0 Å². The molecule has 0 saturated carbocycles. The number of fused-ring (bicyclic) bond motifs is 2. The summed E-state index contributed by atoms with van der Waals surface area (Å²) in [7, 11) is -7.07. The summed E-state index contributed by atoms with van der Waals surface area (Å²) in [6.07, 6.45) is 10.1. The first kappa shape index (κ1) is 47.4. The van der Waals surface area contributed by atoms with Crippen LogP contribution in [0.15, 0.2) is 97.1 Å². The lowest BCUT2D eigenvalue weighted by molar-refractivity contribution is 0.692. The fourth-order valence-corrected chi connectivity index (χ4v) is 29.0. The Morgan fingerprint density at radius 2 is 0.530 bits per heavy atom. The summed E-state index contributed by atoms with van der Waals surface area (Å²) in [5.74, 6) is 0. The van der Waals surface area contributed by atoms with Crippen LogP contribution < -0.4 is 18.0 Å². The summed E-state index contributed by atoms with van der Waals surface area (Å²) in [5.41, 5.74) is 9.45. The molecule has 0 N–H and O–H groups in total. The molecule has 2 aromatic carbocycles. The molecule has 10 heteroatoms. The van der Waals surface area contributed by atoms with Crippen LogP contribution in [0, 0.1) is 0 Å². The second kappa shape index (κ2) is 17.8. The molecule has 342 valence electrons. The second-order valence-electron chi connectivity index (χ2n) is 23.1. The van der Waals surface area contributed by atoms with Crippen molar-refractivity contribution < 1.29 is 0 Å². The van der Waals surface area contributed by atoms with Crippen LogP contribution in [0.5, 0.6) is 0 Å². The van der Waals surface area contributed by atoms with Gasteiger partial charge in [0, 0.05) is 40.7 Å². The van der Waals surface area contributed by atoms with Crippen molar-refractivity contribution in [2.75, 3.05) is 0 Å². The minimum absolute atomic E-state index is 0.671. The molecular weight excluding hydrogens is 975 g/mol. The van der Waals surface area contributed by atoms with E-state index in [1.807, 2.05) is 0 Å². The third kappa shape index (κ3) is 8.90. The Kier molecular flexibility index (Phi) is 12.8. The largest absolute Gasteiger partial charge is 0.145 e. The third-order valence-electron chi connectivity index (χ3n) is 13.9. The molecule has 0 atom stereocenters. The first-order valence-corrected chi connectivity index (χ1v) is 44.4. The Morgan fingerprint density at radius 3 is 0.727 bits per heavy atom. The zero-order chi connectivity index (χ0) is 46.5. The summed E-state index contributed by atoms with van der Waals surface area (Å²) in [6, 6.07) is 40.0. The highest BCUT2D eigenvalue weighted by Gasteiger charge is 2.33. The summed E-state index contributed by atoms with van der Waals surface area (Å²) in [6.45, 7) is 30.1. The molecule has 0 unspecified atom stereocenters. The fourth-order valence-electron chi connectivity index (χ4n) is 10.3. The number of thiophene rings is 4. The number of rotatable bonds is 11. The van der Waals surface area contributed by atoms with Gasteiger partial charge < -0.3 is 0 Å². The van der Waals surface area contributed by atoms with Gasteiger partial charge in [-0.2, -0.15) is 0 Å². The van der Waals surface area contributed by atoms with Crippen molar-refractivity contribution in [3.05, 3.63) is 119 Å². The highest BCUT2D eigenvalue weighted by molar-refractivity contribution is 7.65. The maximum absolute atomic E-state index is 2.53. The van der Waals surface area contributed by atoms with Gasteiger partial charge in [0.25, 0.3) is 0 Å². The third-order valence-corrected chi connectivity index (χ3v) is 38.8. The van der Waals surface area contributed by atoms with E-state index < -0.39 is 47.4 Å². The van der Waals surface area contributed by atoms with Gasteiger partial charge in [0.2, 0.25) is 0 Å². The highest BCUT2D eigenvalue weighted by Crippen LogP contribution is 2.65. The normalized spacial score (nSPS) is 14.8. The average molecular weight is 1040 g/mol. The number of hydrogen-bond donors (Lipinski definition) is 0. The van der Waals surface area contributed by atoms with Gasteiger partial charge in [-0.15, -0.1) is 45.3 Å². The van der Waals surface area contributed by atoms with Crippen LogP contribution >= 0.6 is 60.4 Å². The Labute approximate surface area is 418 Å². The SMILES string of the molecule is C[Si](C)(C)c1ccc(-c2c3c(c(-c4ccc([Si](C)(C)C)s4)p2-c2ccc(-c4ccc(-p5c(-c6ccc([Si](C)(C)C)s6)c6c(c5-c5ccc([Si](C)(C)C)s5)CCCC6)cc4)cc2)CCCC3)s1. The molecular formula is C56H68P2S4Si4. The summed E-state index contributed by atoms with van der Waals surface area (Å²) >= 11 is 8.48. The standard InChI is InChI=1S/C56H68P2S4Si4/c1-63(2,3)49-33-29-45(59-49)53-41-17-13-14-18-42(41)54(46-30-34-50(60-46)64(4,5)6)57(53)39-25-21-37(22-26-39)38-23-27-40(28-24-38)58-55(47-31-35-51(61-47)65(7,8)9)43-19-15-16-20-44(43)56(58)48-32-36-52(62-48)66(10,11)12/h21-36H,13-20H2,1-12H3. The second-order valence-corrected chi connectivity index (χ2v) is 53.2. The van der Waals surface area contributed by atoms with E-state index in [-0.39, 0.29) is 0 Å². The van der Waals surface area contributed by atoms with Crippen LogP contribution in [0.4, 0.5) is 0 Å². The van der Waals surface area contributed by atoms with Crippen LogP contribution in [0.25, 0.3) is 62.4 Å². The molecule has 0 spiro atoms. The van der Waals surface area contributed by atoms with Crippen molar-refractivity contribution in [3.8, 4) is 62.4 Å². The lowest BCUT2D eigenvalue weighted by Gasteiger charge is -2.15. The molecule has 6 aromatic heterocycles. The summed E-state index contributed by atoms with van der Waals surface area (Å²) in [5, 5.41) is 9.77. The maximum atomic E-state index is 2.53. The van der Waals surface area contributed by atoms with Gasteiger partial charge in [0.05, 0.1) is 32.3 Å². The Bertz CT molecular complexity index is 2700. The zero-order valence-corrected chi connectivity index (χ0v) is 50.5. The minimum Gasteiger partial charge on any atom is -0.145 e. The molecule has 0 bridgehead atoms. The van der Waals surface area contributed by atoms with Crippen molar-refractivity contribution in [3.63, 3.8) is 0 Å². The molecule has 8 aromatic rings. The molecule has 0 nitrogen and oxygen atoms in total. The van der Waals surface area contributed by atoms with Gasteiger partial charge in [-0.05, 0) is 138 Å². The fraction of sp³-hybridized carbons (Fsp3) is 0.357. The predicted molar refractivity (Wildman–Crippen MR) is 318 cm³/mol. The van der Waals surface area contributed by atoms with E-state index in [9.17, 15) is 0 Å². The number of hydrogen-bond acceptors (Lipinski definition) is 4. The van der Waals surface area contributed by atoms with E-state index >= 15 is 0 Å². The van der Waals surface area contributed by atoms with E-state index in [0.717, 1.165) is 0 Å². The van der Waals surface area contributed by atoms with Crippen LogP contribution in [0.3, 0.4) is 0 Å². The van der Waals surface area contributed by atoms with Gasteiger partial charge in [0.1, 0.15) is 0 Å². The molecule has 0 fully saturated rings. The van der Waals surface area contributed by atoms with Crippen molar-refractivity contribution >= 4 is 111 Å². The van der Waals surface area contributed by atoms with Gasteiger partial charge in [0.15, 0.2) is 0 Å². The van der Waals surface area contributed by atoms with Gasteiger partial charge in [-0.3, -0.25) is 0 Å². The quantitative estimate of drug-likeness (QED) is 0.113. The van der Waals surface area contributed by atoms with Crippen molar-refractivity contribution in [2.24, 2.45) is 0 Å². The smallest absolute Gasteiger partial charge is 0.0904 e. The topological polar surface area (TPSA) is 0 Å². The van der Waals surface area contributed by atoms with Crippen LogP contribution in [0.2, 0.25) is 78.6 Å². The van der Waals surface area contributed by atoms with Gasteiger partial charge in [-0.1, -0.05) is 166 Å². The van der Waals surface area contributed by atoms with Crippen molar-refractivity contribution in [1.82, 2.24) is 0 Å². The van der Waals surface area contributed by atoms with E-state index in [1.54, 1.807) is 80.9 Å². The van der Waals surface area contributed by atoms with Crippen LogP contribution in [0.1, 0.15) is 47.9 Å². The van der Waals surface area contributed by atoms with E-state index in [2.05, 4.69) is 221 Å². The highest BCUT2D eigenvalue weighted by atomic mass is 32.1. The molecule has 6 heterocycles. The van der Waals surface area contributed by atoms with Crippen LogP contribution in [-0.2, 0) is 25.7 Å². The van der Waals surface area contributed by atoms with E-state index in [0.29, 0.717) is 0 Å². The summed E-state index contributed by atoms with van der Waals surface area (Å²) < 4.78 is 6.52. The Hall–Kier alpha value is -2.33. The van der Waals surface area contributed by atoms with Crippen molar-refractivity contribution in [2.45, 2.75) is 130 Å². The molecule has 2 aliphatic carbocycles. The summed E-state index contributed by atoms with van der Waals surface area (Å²) in [4.78, 5) is 6.17. The lowest BCUT2D eigenvalue weighted by Crippen LogP contribution is -2.34. The minimum atomic E-state index is -1.43. The first-order valence-electron chi connectivity index (χ1n) is 24.4. The Morgan fingerprint density at radius 1 is 0.303 bits per heavy atom. The molecule has 2 aliphatic rings. The zero-order valence-electron chi connectivity index (χ0n) is 41.4. The lowest BCUT2D eigenvalue weighted by atomic mass is 9.91. The monoisotopic (exact) mass is 1040 g/mol. The number of benzene rings is 2.